The second-order valence-corrected chi connectivity index (χ2v) is 6.68. The molecule has 26 heavy (non-hydrogen) atoms. The maximum absolute atomic E-state index is 5.77. The number of nitrogens with one attached hydrogen (secondary N) is 1. The van der Waals surface area contributed by atoms with Gasteiger partial charge in [0, 0.05) is 30.7 Å². The summed E-state index contributed by atoms with van der Waals surface area (Å²) in [5.74, 6) is 0.858. The van der Waals surface area contributed by atoms with Gasteiger partial charge in [-0.15, -0.1) is 0 Å². The summed E-state index contributed by atoms with van der Waals surface area (Å²) in [6.45, 7) is 1.78. The molecule has 0 spiro atoms. The third-order valence-electron chi connectivity index (χ3n) is 4.76. The average Bonchev–Trinajstić information content (AvgIpc) is 3.17. The van der Waals surface area contributed by atoms with Gasteiger partial charge in [-0.3, -0.25) is 0 Å². The lowest BCUT2D eigenvalue weighted by molar-refractivity contribution is 0.293. The highest BCUT2D eigenvalue weighted by molar-refractivity contribution is 7.80. The third kappa shape index (κ3) is 3.18. The van der Waals surface area contributed by atoms with E-state index in [1.165, 1.54) is 11.3 Å². The largest absolute Gasteiger partial charge is 0.497 e. The lowest BCUT2D eigenvalue weighted by Gasteiger charge is -2.39. The minimum absolute atomic E-state index is 0.0772. The monoisotopic (exact) mass is 363 g/mol. The highest BCUT2D eigenvalue weighted by Gasteiger charge is 2.30. The van der Waals surface area contributed by atoms with Gasteiger partial charge < -0.3 is 19.5 Å². The Kier molecular flexibility index (Phi) is 4.63. The van der Waals surface area contributed by atoms with E-state index in [-0.39, 0.29) is 6.04 Å². The minimum Gasteiger partial charge on any atom is -0.497 e. The first-order valence-corrected chi connectivity index (χ1v) is 9.09. The molecule has 0 amide bonds. The molecule has 0 radical (unpaired) electrons. The molecule has 2 aromatic carbocycles. The smallest absolute Gasteiger partial charge is 0.174 e. The SMILES string of the molecule is COc1ccc(C2c3cccn3CCN2C(=S)Nc2ccccc2)cc1. The summed E-state index contributed by atoms with van der Waals surface area (Å²) in [6, 6.07) is 22.7. The van der Waals surface area contributed by atoms with Gasteiger partial charge >= 0.3 is 0 Å². The number of fused-ring (bicyclic) bond motifs is 1. The standard InChI is InChI=1S/C21H21N3OS/c1-25-18-11-9-16(10-12-18)20-19-8-5-13-23(19)14-15-24(20)21(26)22-17-6-3-2-4-7-17/h2-13,20H,14-15H2,1H3,(H,22,26). The molecule has 0 saturated carbocycles. The number of hydrogen-bond acceptors (Lipinski definition) is 2. The van der Waals surface area contributed by atoms with E-state index in [9.17, 15) is 0 Å². The van der Waals surface area contributed by atoms with Crippen molar-refractivity contribution < 1.29 is 4.74 Å². The zero-order valence-electron chi connectivity index (χ0n) is 14.6. The van der Waals surface area contributed by atoms with E-state index in [4.69, 9.17) is 17.0 Å². The van der Waals surface area contributed by atoms with Crippen LogP contribution in [-0.4, -0.2) is 28.2 Å². The second kappa shape index (κ2) is 7.22. The molecule has 132 valence electrons. The van der Waals surface area contributed by atoms with Gasteiger partial charge in [-0.05, 0) is 54.2 Å². The van der Waals surface area contributed by atoms with Crippen molar-refractivity contribution in [3.8, 4) is 5.75 Å². The van der Waals surface area contributed by atoms with Crippen LogP contribution in [0.15, 0.2) is 72.9 Å². The first-order valence-electron chi connectivity index (χ1n) is 8.68. The summed E-state index contributed by atoms with van der Waals surface area (Å²) in [5, 5.41) is 4.12. The Balaban J connectivity index is 1.67. The van der Waals surface area contributed by atoms with Crippen LogP contribution in [0.25, 0.3) is 0 Å². The van der Waals surface area contributed by atoms with Gasteiger partial charge in [0.05, 0.1) is 13.2 Å². The Morgan fingerprint density at radius 1 is 1.00 bits per heavy atom. The van der Waals surface area contributed by atoms with Gasteiger partial charge in [0.25, 0.3) is 0 Å². The normalized spacial score (nSPS) is 16.0. The topological polar surface area (TPSA) is 29.4 Å². The second-order valence-electron chi connectivity index (χ2n) is 6.29. The molecule has 1 atom stereocenters. The number of methoxy groups -OCH3 is 1. The number of ether oxygens (including phenoxy) is 1. The van der Waals surface area contributed by atoms with E-state index in [2.05, 4.69) is 45.2 Å². The number of hydrogen-bond donors (Lipinski definition) is 1. The fourth-order valence-electron chi connectivity index (χ4n) is 3.46. The van der Waals surface area contributed by atoms with Crippen molar-refractivity contribution in [1.29, 1.82) is 0 Å². The predicted octanol–water partition coefficient (Wildman–Crippen LogP) is 4.30. The summed E-state index contributed by atoms with van der Waals surface area (Å²) >= 11 is 5.77. The van der Waals surface area contributed by atoms with Crippen LogP contribution in [0.2, 0.25) is 0 Å². The van der Waals surface area contributed by atoms with Gasteiger partial charge in [-0.25, -0.2) is 0 Å². The van der Waals surface area contributed by atoms with E-state index in [1.807, 2.05) is 42.5 Å². The molecule has 2 heterocycles. The third-order valence-corrected chi connectivity index (χ3v) is 5.09. The van der Waals surface area contributed by atoms with Crippen molar-refractivity contribution in [1.82, 2.24) is 9.47 Å². The molecule has 1 aromatic heterocycles. The molecule has 1 N–H and O–H groups in total. The summed E-state index contributed by atoms with van der Waals surface area (Å²) in [7, 11) is 1.69. The maximum atomic E-state index is 5.77. The van der Waals surface area contributed by atoms with E-state index < -0.39 is 0 Å². The first-order chi connectivity index (χ1) is 12.8. The summed E-state index contributed by atoms with van der Waals surface area (Å²) in [6.07, 6.45) is 2.14. The zero-order valence-corrected chi connectivity index (χ0v) is 15.4. The molecule has 0 fully saturated rings. The predicted molar refractivity (Wildman–Crippen MR) is 109 cm³/mol. The van der Waals surface area contributed by atoms with E-state index in [0.717, 1.165) is 29.6 Å². The Bertz CT molecular complexity index is 889. The molecule has 4 nitrogen and oxygen atoms in total. The van der Waals surface area contributed by atoms with Crippen molar-refractivity contribution >= 4 is 23.0 Å². The Labute approximate surface area is 159 Å². The Hall–Kier alpha value is -2.79. The van der Waals surface area contributed by atoms with Crippen LogP contribution < -0.4 is 10.1 Å². The molecule has 1 aliphatic rings. The van der Waals surface area contributed by atoms with Crippen LogP contribution in [0.1, 0.15) is 17.3 Å². The highest BCUT2D eigenvalue weighted by atomic mass is 32.1. The van der Waals surface area contributed by atoms with Crippen molar-refractivity contribution in [3.63, 3.8) is 0 Å². The van der Waals surface area contributed by atoms with Crippen LogP contribution in [0.5, 0.6) is 5.75 Å². The Morgan fingerprint density at radius 3 is 2.50 bits per heavy atom. The van der Waals surface area contributed by atoms with Crippen molar-refractivity contribution in [2.75, 3.05) is 19.0 Å². The van der Waals surface area contributed by atoms with Crippen LogP contribution >= 0.6 is 12.2 Å². The molecule has 5 heteroatoms. The van der Waals surface area contributed by atoms with Crippen LogP contribution in [0, 0.1) is 0 Å². The molecule has 0 saturated heterocycles. The Morgan fingerprint density at radius 2 is 1.77 bits per heavy atom. The lowest BCUT2D eigenvalue weighted by atomic mass is 10.00. The first kappa shape index (κ1) is 16.7. The number of aromatic nitrogens is 1. The molecule has 4 rings (SSSR count). The number of benzene rings is 2. The average molecular weight is 363 g/mol. The van der Waals surface area contributed by atoms with Gasteiger partial charge in [0.15, 0.2) is 5.11 Å². The van der Waals surface area contributed by atoms with Gasteiger partial charge in [-0.1, -0.05) is 30.3 Å². The number of anilines is 1. The number of thiocarbonyl (C=S) groups is 1. The molecule has 3 aromatic rings. The molecular weight excluding hydrogens is 342 g/mol. The molecule has 0 bridgehead atoms. The summed E-state index contributed by atoms with van der Waals surface area (Å²) in [5.41, 5.74) is 3.45. The van der Waals surface area contributed by atoms with Crippen molar-refractivity contribution in [2.24, 2.45) is 0 Å². The zero-order chi connectivity index (χ0) is 17.9. The van der Waals surface area contributed by atoms with Gasteiger partial charge in [-0.2, -0.15) is 0 Å². The fraction of sp³-hybridized carbons (Fsp3) is 0.190. The molecule has 0 aliphatic carbocycles. The van der Waals surface area contributed by atoms with Gasteiger partial charge in [0.1, 0.15) is 5.75 Å². The lowest BCUT2D eigenvalue weighted by Crippen LogP contribution is -2.44. The molecule has 1 aliphatic heterocycles. The summed E-state index contributed by atoms with van der Waals surface area (Å²) in [4.78, 5) is 2.26. The highest BCUT2D eigenvalue weighted by Crippen LogP contribution is 2.33. The quantitative estimate of drug-likeness (QED) is 0.703. The maximum Gasteiger partial charge on any atom is 0.174 e. The number of nitrogens with zero attached hydrogens (tertiary/aromatic N) is 2. The fourth-order valence-corrected chi connectivity index (χ4v) is 3.77. The van der Waals surface area contributed by atoms with E-state index in [1.54, 1.807) is 7.11 Å². The van der Waals surface area contributed by atoms with Gasteiger partial charge in [0.2, 0.25) is 0 Å². The molecular formula is C21H21N3OS. The van der Waals surface area contributed by atoms with Crippen LogP contribution in [-0.2, 0) is 6.54 Å². The van der Waals surface area contributed by atoms with Crippen LogP contribution in [0.3, 0.4) is 0 Å². The number of rotatable bonds is 3. The van der Waals surface area contributed by atoms with Crippen molar-refractivity contribution in [2.45, 2.75) is 12.6 Å². The van der Waals surface area contributed by atoms with Crippen molar-refractivity contribution in [3.05, 3.63) is 84.2 Å². The summed E-state index contributed by atoms with van der Waals surface area (Å²) < 4.78 is 7.61. The number of para-hydroxylation sites is 1. The molecule has 1 unspecified atom stereocenters. The van der Waals surface area contributed by atoms with Crippen LogP contribution in [0.4, 0.5) is 5.69 Å². The van der Waals surface area contributed by atoms with E-state index in [0.29, 0.717) is 0 Å². The van der Waals surface area contributed by atoms with E-state index >= 15 is 0 Å². The minimum atomic E-state index is 0.0772.